The van der Waals surface area contributed by atoms with E-state index >= 15 is 0 Å². The molecular formula is C20H30N2O. The molecule has 126 valence electrons. The number of likely N-dealkylation sites (tertiary alicyclic amines) is 1. The SMILES string of the molecule is C=CCN1CCC(N(CCCC)Cc2ccccc2)CCC1=O. The molecule has 0 aliphatic carbocycles. The summed E-state index contributed by atoms with van der Waals surface area (Å²) >= 11 is 0. The van der Waals surface area contributed by atoms with Crippen LogP contribution >= 0.6 is 0 Å². The van der Waals surface area contributed by atoms with Gasteiger partial charge in [0.05, 0.1) is 0 Å². The molecule has 0 N–H and O–H groups in total. The number of rotatable bonds is 8. The maximum atomic E-state index is 12.2. The van der Waals surface area contributed by atoms with Crippen LogP contribution in [-0.4, -0.2) is 41.4 Å². The lowest BCUT2D eigenvalue weighted by Crippen LogP contribution is -2.36. The lowest BCUT2D eigenvalue weighted by molar-refractivity contribution is -0.130. The topological polar surface area (TPSA) is 23.6 Å². The number of benzene rings is 1. The summed E-state index contributed by atoms with van der Waals surface area (Å²) in [6.45, 7) is 9.64. The fraction of sp³-hybridized carbons (Fsp3) is 0.550. The number of hydrogen-bond donors (Lipinski definition) is 0. The van der Waals surface area contributed by atoms with E-state index in [1.807, 2.05) is 11.0 Å². The van der Waals surface area contributed by atoms with Crippen LogP contribution in [0.5, 0.6) is 0 Å². The Hall–Kier alpha value is -1.61. The Kier molecular flexibility index (Phi) is 7.34. The number of amides is 1. The second kappa shape index (κ2) is 9.51. The Morgan fingerprint density at radius 1 is 1.30 bits per heavy atom. The van der Waals surface area contributed by atoms with E-state index in [1.54, 1.807) is 0 Å². The van der Waals surface area contributed by atoms with Gasteiger partial charge in [0.1, 0.15) is 0 Å². The van der Waals surface area contributed by atoms with Gasteiger partial charge in [-0.25, -0.2) is 0 Å². The monoisotopic (exact) mass is 314 g/mol. The van der Waals surface area contributed by atoms with Gasteiger partial charge in [0.2, 0.25) is 5.91 Å². The molecule has 1 amide bonds. The van der Waals surface area contributed by atoms with Crippen molar-refractivity contribution in [1.29, 1.82) is 0 Å². The molecule has 1 heterocycles. The van der Waals surface area contributed by atoms with Crippen LogP contribution in [-0.2, 0) is 11.3 Å². The van der Waals surface area contributed by atoms with Crippen LogP contribution in [0.25, 0.3) is 0 Å². The van der Waals surface area contributed by atoms with Crippen molar-refractivity contribution in [2.45, 2.75) is 51.6 Å². The van der Waals surface area contributed by atoms with Gasteiger partial charge >= 0.3 is 0 Å². The molecule has 1 aromatic rings. The van der Waals surface area contributed by atoms with Crippen LogP contribution in [0.4, 0.5) is 0 Å². The van der Waals surface area contributed by atoms with Gasteiger partial charge in [-0.15, -0.1) is 6.58 Å². The van der Waals surface area contributed by atoms with Gasteiger partial charge < -0.3 is 4.90 Å². The van der Waals surface area contributed by atoms with Crippen LogP contribution in [0.3, 0.4) is 0 Å². The average Bonchev–Trinajstić information content (AvgIpc) is 2.75. The Morgan fingerprint density at radius 2 is 2.09 bits per heavy atom. The van der Waals surface area contributed by atoms with Crippen molar-refractivity contribution in [2.75, 3.05) is 19.6 Å². The molecule has 0 radical (unpaired) electrons. The molecule has 1 unspecified atom stereocenters. The molecule has 3 heteroatoms. The first-order valence-corrected chi connectivity index (χ1v) is 8.91. The predicted molar refractivity (Wildman–Crippen MR) is 96.2 cm³/mol. The van der Waals surface area contributed by atoms with Gasteiger partial charge in [0.25, 0.3) is 0 Å². The summed E-state index contributed by atoms with van der Waals surface area (Å²) in [4.78, 5) is 16.7. The zero-order valence-corrected chi connectivity index (χ0v) is 14.4. The number of carbonyl (C=O) groups is 1. The highest BCUT2D eigenvalue weighted by Gasteiger charge is 2.25. The first kappa shape index (κ1) is 17.7. The smallest absolute Gasteiger partial charge is 0.222 e. The third-order valence-electron chi connectivity index (χ3n) is 4.67. The van der Waals surface area contributed by atoms with E-state index in [0.29, 0.717) is 19.0 Å². The van der Waals surface area contributed by atoms with Crippen LogP contribution in [0.15, 0.2) is 43.0 Å². The van der Waals surface area contributed by atoms with Gasteiger partial charge in [-0.05, 0) is 31.4 Å². The van der Waals surface area contributed by atoms with E-state index in [2.05, 4.69) is 48.7 Å². The molecule has 2 rings (SSSR count). The number of nitrogens with zero attached hydrogens (tertiary/aromatic N) is 2. The molecule has 23 heavy (non-hydrogen) atoms. The summed E-state index contributed by atoms with van der Waals surface area (Å²) < 4.78 is 0. The highest BCUT2D eigenvalue weighted by atomic mass is 16.2. The van der Waals surface area contributed by atoms with Crippen molar-refractivity contribution in [3.8, 4) is 0 Å². The second-order valence-corrected chi connectivity index (χ2v) is 6.42. The molecule has 1 aliphatic heterocycles. The summed E-state index contributed by atoms with van der Waals surface area (Å²) in [7, 11) is 0. The number of hydrogen-bond acceptors (Lipinski definition) is 2. The Labute approximate surface area is 141 Å². The third kappa shape index (κ3) is 5.51. The van der Waals surface area contributed by atoms with E-state index in [0.717, 1.165) is 32.5 Å². The van der Waals surface area contributed by atoms with Gasteiger partial charge in [-0.2, -0.15) is 0 Å². The van der Waals surface area contributed by atoms with Crippen LogP contribution < -0.4 is 0 Å². The highest BCUT2D eigenvalue weighted by molar-refractivity contribution is 5.76. The Balaban J connectivity index is 2.02. The minimum absolute atomic E-state index is 0.280. The van der Waals surface area contributed by atoms with Crippen molar-refractivity contribution >= 4 is 5.91 Å². The molecule has 0 saturated carbocycles. The molecule has 3 nitrogen and oxygen atoms in total. The van der Waals surface area contributed by atoms with Gasteiger partial charge in [0, 0.05) is 32.1 Å². The molecular weight excluding hydrogens is 284 g/mol. The lowest BCUT2D eigenvalue weighted by atomic mass is 10.1. The van der Waals surface area contributed by atoms with E-state index in [4.69, 9.17) is 0 Å². The fourth-order valence-corrected chi connectivity index (χ4v) is 3.31. The molecule has 1 aromatic carbocycles. The standard InChI is InChI=1S/C20H30N2O/c1-3-5-15-22(17-18-9-7-6-8-10-18)19-11-12-20(23)21(14-4-2)16-13-19/h4,6-10,19H,2-3,5,11-17H2,1H3. The van der Waals surface area contributed by atoms with E-state index in [-0.39, 0.29) is 5.91 Å². The van der Waals surface area contributed by atoms with Crippen molar-refractivity contribution < 1.29 is 4.79 Å². The molecule has 1 saturated heterocycles. The molecule has 1 aliphatic rings. The predicted octanol–water partition coefficient (Wildman–Crippen LogP) is 3.86. The quantitative estimate of drug-likeness (QED) is 0.680. The summed E-state index contributed by atoms with van der Waals surface area (Å²) in [5.41, 5.74) is 1.36. The zero-order chi connectivity index (χ0) is 16.5. The summed E-state index contributed by atoms with van der Waals surface area (Å²) in [6.07, 6.45) is 6.96. The molecule has 1 atom stereocenters. The maximum absolute atomic E-state index is 12.2. The molecule has 1 fully saturated rings. The van der Waals surface area contributed by atoms with Gasteiger partial charge in [-0.1, -0.05) is 49.8 Å². The lowest BCUT2D eigenvalue weighted by Gasteiger charge is -2.31. The normalized spacial score (nSPS) is 19.0. The van der Waals surface area contributed by atoms with Crippen molar-refractivity contribution in [1.82, 2.24) is 9.80 Å². The minimum atomic E-state index is 0.280. The number of carbonyl (C=O) groups excluding carboxylic acids is 1. The van der Waals surface area contributed by atoms with Gasteiger partial charge in [-0.3, -0.25) is 9.69 Å². The fourth-order valence-electron chi connectivity index (χ4n) is 3.31. The van der Waals surface area contributed by atoms with Crippen molar-refractivity contribution in [2.24, 2.45) is 0 Å². The van der Waals surface area contributed by atoms with E-state index in [9.17, 15) is 4.79 Å². The molecule has 0 aromatic heterocycles. The van der Waals surface area contributed by atoms with Gasteiger partial charge in [0.15, 0.2) is 0 Å². The average molecular weight is 314 g/mol. The first-order valence-electron chi connectivity index (χ1n) is 8.91. The van der Waals surface area contributed by atoms with E-state index < -0.39 is 0 Å². The summed E-state index contributed by atoms with van der Waals surface area (Å²) in [5, 5.41) is 0. The Morgan fingerprint density at radius 3 is 2.78 bits per heavy atom. The largest absolute Gasteiger partial charge is 0.339 e. The minimum Gasteiger partial charge on any atom is -0.339 e. The Bertz CT molecular complexity index is 486. The van der Waals surface area contributed by atoms with Crippen molar-refractivity contribution in [3.05, 3.63) is 48.6 Å². The second-order valence-electron chi connectivity index (χ2n) is 6.42. The maximum Gasteiger partial charge on any atom is 0.222 e. The summed E-state index contributed by atoms with van der Waals surface area (Å²) in [6, 6.07) is 11.2. The molecule has 0 spiro atoms. The third-order valence-corrected chi connectivity index (χ3v) is 4.67. The van der Waals surface area contributed by atoms with E-state index in [1.165, 1.54) is 18.4 Å². The van der Waals surface area contributed by atoms with Crippen LogP contribution in [0.1, 0.15) is 44.6 Å². The zero-order valence-electron chi connectivity index (χ0n) is 14.4. The van der Waals surface area contributed by atoms with Crippen LogP contribution in [0.2, 0.25) is 0 Å². The molecule has 0 bridgehead atoms. The van der Waals surface area contributed by atoms with Crippen LogP contribution in [0, 0.1) is 0 Å². The summed E-state index contributed by atoms with van der Waals surface area (Å²) in [5.74, 6) is 0.280. The van der Waals surface area contributed by atoms with Crippen molar-refractivity contribution in [3.63, 3.8) is 0 Å². The highest BCUT2D eigenvalue weighted by Crippen LogP contribution is 2.20. The first-order chi connectivity index (χ1) is 11.2. The number of unbranched alkanes of at least 4 members (excludes halogenated alkanes) is 1.